The molecule has 7 heterocycles. The summed E-state index contributed by atoms with van der Waals surface area (Å²) in [6.07, 6.45) is 0. The summed E-state index contributed by atoms with van der Waals surface area (Å²) in [5, 5.41) is 0. The van der Waals surface area contributed by atoms with Crippen molar-refractivity contribution in [2.45, 2.75) is 41.5 Å². The number of hydrogen-bond acceptors (Lipinski definition) is 3. The highest BCUT2D eigenvalue weighted by Gasteiger charge is 2.66. The highest BCUT2D eigenvalue weighted by atomic mass is 15.3. The molecule has 16 rings (SSSR count). The largest absolute Gasteiger partial charge is 0.415 e. The summed E-state index contributed by atoms with van der Waals surface area (Å²) in [7, 11) is 0. The molecule has 1 fully saturated rings. The van der Waals surface area contributed by atoms with E-state index in [4.69, 9.17) is 0 Å². The Hall–Kier alpha value is -7.43. The van der Waals surface area contributed by atoms with Crippen LogP contribution in [-0.2, 0) is 0 Å². The van der Waals surface area contributed by atoms with Crippen LogP contribution in [0, 0.1) is 41.5 Å². The molecule has 0 atom stereocenters. The van der Waals surface area contributed by atoms with Crippen molar-refractivity contribution in [3.8, 4) is 100 Å². The van der Waals surface area contributed by atoms with Gasteiger partial charge in [0.2, 0.25) is 0 Å². The van der Waals surface area contributed by atoms with Crippen LogP contribution in [0.3, 0.4) is 0 Å². The maximum absolute atomic E-state index is 2.89. The minimum Gasteiger partial charge on any atom is -0.415 e. The van der Waals surface area contributed by atoms with Gasteiger partial charge in [-0.15, -0.1) is 0 Å². The molecule has 0 aliphatic carbocycles. The van der Waals surface area contributed by atoms with Gasteiger partial charge >= 0.3 is 20.9 Å². The van der Waals surface area contributed by atoms with E-state index in [1.807, 2.05) is 0 Å². The molecular weight excluding hydrogens is 795 g/mol. The van der Waals surface area contributed by atoms with E-state index in [-0.39, 0.29) is 20.9 Å². The van der Waals surface area contributed by atoms with Crippen LogP contribution in [0.15, 0.2) is 146 Å². The van der Waals surface area contributed by atoms with Crippen molar-refractivity contribution < 1.29 is 0 Å². The quantitative estimate of drug-likeness (QED) is 0.164. The molecule has 0 unspecified atom stereocenters. The second-order valence-corrected chi connectivity index (χ2v) is 20.2. The van der Waals surface area contributed by atoms with Gasteiger partial charge in [0.05, 0.1) is 0 Å². The van der Waals surface area contributed by atoms with Crippen molar-refractivity contribution in [2.24, 2.45) is 0 Å². The number of rotatable bonds is 3. The number of hydrogen-bond donors (Lipinski definition) is 0. The van der Waals surface area contributed by atoms with E-state index in [0.29, 0.717) is 0 Å². The summed E-state index contributed by atoms with van der Waals surface area (Å²) in [4.78, 5) is 0. The van der Waals surface area contributed by atoms with E-state index < -0.39 is 0 Å². The normalized spacial score (nSPS) is 14.6. The number of fused-ring (bicyclic) bond motifs is 6. The lowest BCUT2D eigenvalue weighted by Crippen LogP contribution is -2.90. The van der Waals surface area contributed by atoms with Gasteiger partial charge in [0, 0.05) is 50.4 Å². The predicted molar refractivity (Wildman–Crippen MR) is 281 cm³/mol. The van der Waals surface area contributed by atoms with Crippen LogP contribution >= 0.6 is 0 Å². The third-order valence-corrected chi connectivity index (χ3v) is 16.8. The van der Waals surface area contributed by atoms with Crippen LogP contribution in [0.4, 0.5) is 17.1 Å². The summed E-state index contributed by atoms with van der Waals surface area (Å²) >= 11 is 0. The number of nitrogens with zero attached hydrogens (tertiary/aromatic N) is 3. The lowest BCUT2D eigenvalue weighted by atomic mass is 9.30. The van der Waals surface area contributed by atoms with Crippen LogP contribution in [0.1, 0.15) is 33.4 Å². The van der Waals surface area contributed by atoms with Crippen LogP contribution in [-0.4, -0.2) is 20.9 Å². The minimum absolute atomic E-state index is 0.00329. The second kappa shape index (κ2) is 11.9. The fourth-order valence-corrected chi connectivity index (χ4v) is 14.5. The molecule has 7 aliphatic heterocycles. The highest BCUT2D eigenvalue weighted by molar-refractivity contribution is 7.18. The van der Waals surface area contributed by atoms with E-state index in [1.165, 1.54) is 167 Å². The minimum atomic E-state index is -0.00329. The Labute approximate surface area is 387 Å². The van der Waals surface area contributed by atoms with Gasteiger partial charge in [0.25, 0.3) is 0 Å². The van der Waals surface area contributed by atoms with Crippen LogP contribution < -0.4 is 30.6 Å². The van der Waals surface area contributed by atoms with Crippen LogP contribution in [0.25, 0.3) is 100 Å². The zero-order valence-electron chi connectivity index (χ0n) is 37.9. The molecule has 0 saturated carbocycles. The van der Waals surface area contributed by atoms with Crippen molar-refractivity contribution >= 4 is 54.4 Å². The van der Waals surface area contributed by atoms with Crippen LogP contribution in [0.5, 0.6) is 0 Å². The molecule has 306 valence electrons. The molecule has 0 bridgehead atoms. The topological polar surface area (TPSA) is 9.72 Å². The van der Waals surface area contributed by atoms with Crippen LogP contribution in [0.2, 0.25) is 0 Å². The van der Waals surface area contributed by atoms with E-state index in [9.17, 15) is 0 Å². The standard InChI is InChI=1S/C60H42B3N3/c1-31-13-7-14-32(2)52(31)37-25-46-40-19-10-21-42-48-27-38(53-33(3)15-8-16-34(53)4)29-50-44-23-12-24-45-51-30-39(54-35(5)17-9-18-36(54)6)28-49-43-22-11-20-41-47(26-37)58(46)64-61(55(40)42)65(59(48)50)63(57(44)45)66(60(49)51)62(64)56(41)43/h7-30H,1-6H3. The maximum atomic E-state index is 2.89. The first kappa shape index (κ1) is 35.9. The molecule has 1 saturated heterocycles. The number of anilines is 3. The summed E-state index contributed by atoms with van der Waals surface area (Å²) in [6.45, 7) is 13.7. The van der Waals surface area contributed by atoms with Gasteiger partial charge in [-0.1, -0.05) is 109 Å². The van der Waals surface area contributed by atoms with Gasteiger partial charge in [0.15, 0.2) is 0 Å². The first-order chi connectivity index (χ1) is 32.3. The number of benzene rings is 9. The zero-order valence-corrected chi connectivity index (χ0v) is 37.9. The first-order valence-corrected chi connectivity index (χ1v) is 23.8. The predicted octanol–water partition coefficient (Wildman–Crippen LogP) is 12.4. The molecule has 9 aromatic carbocycles. The lowest BCUT2D eigenvalue weighted by Gasteiger charge is -2.65. The lowest BCUT2D eigenvalue weighted by molar-refractivity contribution is 1.24. The highest BCUT2D eigenvalue weighted by Crippen LogP contribution is 2.61. The SMILES string of the molecule is Cc1cccc(C)c1-c1cc2c3c(c1)-c1cccc4c1B1N3B3c5c-2cccc5-c2cc(-c5c(C)cccc5C)cc5c2N3B2c3c-5cccc3-c3cc(-c5c(C)cccc5C)cc-4c3N12. The molecule has 3 nitrogen and oxygen atoms in total. The van der Waals surface area contributed by atoms with Gasteiger partial charge in [-0.3, -0.25) is 0 Å². The van der Waals surface area contributed by atoms with Gasteiger partial charge in [-0.25, -0.2) is 0 Å². The Bertz CT molecular complexity index is 3250. The Kier molecular flexibility index (Phi) is 6.45. The first-order valence-electron chi connectivity index (χ1n) is 23.8. The fraction of sp³-hybridized carbons (Fsp3) is 0.100. The summed E-state index contributed by atoms with van der Waals surface area (Å²) in [5.74, 6) is 0. The molecule has 0 radical (unpaired) electrons. The Morgan fingerprint density at radius 2 is 0.455 bits per heavy atom. The fourth-order valence-electron chi connectivity index (χ4n) is 14.5. The van der Waals surface area contributed by atoms with E-state index in [2.05, 4.69) is 201 Å². The zero-order chi connectivity index (χ0) is 43.8. The molecule has 0 spiro atoms. The monoisotopic (exact) mass is 837 g/mol. The van der Waals surface area contributed by atoms with E-state index in [1.54, 1.807) is 0 Å². The van der Waals surface area contributed by atoms with Crippen molar-refractivity contribution in [1.29, 1.82) is 0 Å². The van der Waals surface area contributed by atoms with Crippen molar-refractivity contribution in [3.05, 3.63) is 179 Å². The van der Waals surface area contributed by atoms with Gasteiger partial charge < -0.3 is 14.2 Å². The third kappa shape index (κ3) is 4.02. The summed E-state index contributed by atoms with van der Waals surface area (Å²) in [5.41, 5.74) is 40.4. The molecule has 0 amide bonds. The summed E-state index contributed by atoms with van der Waals surface area (Å²) < 4.78 is 8.68. The Balaban J connectivity index is 1.12. The molecule has 0 N–H and O–H groups in total. The number of aryl methyl sites for hydroxylation is 6. The molecule has 6 heteroatoms. The van der Waals surface area contributed by atoms with Gasteiger partial charge in [0.1, 0.15) is 0 Å². The average Bonchev–Trinajstić information content (AvgIpc) is 3.32. The summed E-state index contributed by atoms with van der Waals surface area (Å²) in [6, 6.07) is 57.2. The Morgan fingerprint density at radius 3 is 0.667 bits per heavy atom. The third-order valence-electron chi connectivity index (χ3n) is 16.8. The van der Waals surface area contributed by atoms with Gasteiger partial charge in [-0.05, 0) is 194 Å². The van der Waals surface area contributed by atoms with Gasteiger partial charge in [-0.2, -0.15) is 0 Å². The second-order valence-electron chi connectivity index (χ2n) is 20.2. The molecule has 0 aromatic heterocycles. The van der Waals surface area contributed by atoms with E-state index >= 15 is 0 Å². The van der Waals surface area contributed by atoms with Crippen molar-refractivity contribution in [3.63, 3.8) is 0 Å². The Morgan fingerprint density at radius 1 is 0.258 bits per heavy atom. The molecular formula is C60H42B3N3. The van der Waals surface area contributed by atoms with Crippen molar-refractivity contribution in [1.82, 2.24) is 0 Å². The molecule has 66 heavy (non-hydrogen) atoms. The average molecular weight is 837 g/mol. The van der Waals surface area contributed by atoms with E-state index in [0.717, 1.165) is 0 Å². The molecule has 9 aromatic rings. The molecule has 7 aliphatic rings. The van der Waals surface area contributed by atoms with Crippen molar-refractivity contribution in [2.75, 3.05) is 14.2 Å². The smallest absolute Gasteiger partial charge is 0.390 e. The maximum Gasteiger partial charge on any atom is 0.390 e.